The quantitative estimate of drug-likeness (QED) is 0.674. The van der Waals surface area contributed by atoms with Crippen LogP contribution >= 0.6 is 0 Å². The molecule has 0 spiro atoms. The van der Waals surface area contributed by atoms with Crippen molar-refractivity contribution < 1.29 is 4.79 Å². The van der Waals surface area contributed by atoms with Gasteiger partial charge in [0.15, 0.2) is 0 Å². The summed E-state index contributed by atoms with van der Waals surface area (Å²) in [6.45, 7) is 5.38. The first-order valence-electron chi connectivity index (χ1n) is 9.05. The van der Waals surface area contributed by atoms with Gasteiger partial charge in [0.05, 0.1) is 5.56 Å². The third kappa shape index (κ3) is 5.14. The van der Waals surface area contributed by atoms with Crippen LogP contribution < -0.4 is 10.6 Å². The van der Waals surface area contributed by atoms with Crippen LogP contribution in [0.2, 0.25) is 0 Å². The van der Waals surface area contributed by atoms with Crippen molar-refractivity contribution >= 4 is 11.7 Å². The van der Waals surface area contributed by atoms with E-state index in [4.69, 9.17) is 0 Å². The molecule has 5 heteroatoms. The summed E-state index contributed by atoms with van der Waals surface area (Å²) in [4.78, 5) is 20.9. The summed E-state index contributed by atoms with van der Waals surface area (Å²) in [6.07, 6.45) is 5.97. The van der Waals surface area contributed by atoms with Crippen LogP contribution in [0.1, 0.15) is 32.6 Å². The van der Waals surface area contributed by atoms with E-state index in [1.54, 1.807) is 30.7 Å². The summed E-state index contributed by atoms with van der Waals surface area (Å²) in [7, 11) is 0. The smallest absolute Gasteiger partial charge is 0.255 e. The minimum Gasteiger partial charge on any atom is -0.365 e. The lowest BCUT2D eigenvalue weighted by Gasteiger charge is -2.11. The molecule has 2 aromatic heterocycles. The fourth-order valence-electron chi connectivity index (χ4n) is 2.79. The number of carbonyl (C=O) groups excluding carboxylic acids is 1. The molecule has 0 atom stereocenters. The van der Waals surface area contributed by atoms with Gasteiger partial charge in [-0.25, -0.2) is 4.98 Å². The molecule has 0 bridgehead atoms. The highest BCUT2D eigenvalue weighted by Gasteiger charge is 2.11. The summed E-state index contributed by atoms with van der Waals surface area (Å²) in [6, 6.07) is 13.8. The third-order valence-corrected chi connectivity index (χ3v) is 4.53. The first-order chi connectivity index (χ1) is 13.1. The highest BCUT2D eigenvalue weighted by molar-refractivity contribution is 5.98. The van der Waals surface area contributed by atoms with Gasteiger partial charge in [0.2, 0.25) is 0 Å². The third-order valence-electron chi connectivity index (χ3n) is 4.53. The van der Waals surface area contributed by atoms with E-state index in [2.05, 4.69) is 52.6 Å². The maximum Gasteiger partial charge on any atom is 0.255 e. The number of nitrogens with one attached hydrogen (secondary N) is 2. The van der Waals surface area contributed by atoms with Gasteiger partial charge in [0.25, 0.3) is 5.91 Å². The Bertz CT molecular complexity index is 909. The summed E-state index contributed by atoms with van der Waals surface area (Å²) in [5.74, 6) is 0.460. The summed E-state index contributed by atoms with van der Waals surface area (Å²) >= 11 is 0. The number of anilines is 1. The van der Waals surface area contributed by atoms with E-state index in [0.29, 0.717) is 24.5 Å². The Kier molecular flexibility index (Phi) is 6.15. The van der Waals surface area contributed by atoms with Crippen LogP contribution in [0.15, 0.2) is 61.1 Å². The maximum atomic E-state index is 12.6. The molecular formula is C22H24N4O. The Morgan fingerprint density at radius 1 is 0.963 bits per heavy atom. The molecule has 0 radical (unpaired) electrons. The molecule has 0 saturated heterocycles. The molecule has 0 aliphatic heterocycles. The number of hydrogen-bond donors (Lipinski definition) is 2. The van der Waals surface area contributed by atoms with Gasteiger partial charge in [-0.05, 0) is 66.8 Å². The number of aromatic nitrogens is 2. The zero-order chi connectivity index (χ0) is 19.1. The van der Waals surface area contributed by atoms with Crippen LogP contribution in [0.4, 0.5) is 5.82 Å². The van der Waals surface area contributed by atoms with Crippen molar-refractivity contribution in [2.24, 2.45) is 0 Å². The van der Waals surface area contributed by atoms with E-state index in [1.165, 1.54) is 16.7 Å². The highest BCUT2D eigenvalue weighted by Crippen LogP contribution is 2.13. The van der Waals surface area contributed by atoms with Crippen LogP contribution in [0.5, 0.6) is 0 Å². The number of aryl methyl sites for hydroxylation is 2. The van der Waals surface area contributed by atoms with Crippen LogP contribution in [-0.2, 0) is 13.0 Å². The van der Waals surface area contributed by atoms with Crippen molar-refractivity contribution in [2.45, 2.75) is 26.8 Å². The van der Waals surface area contributed by atoms with Crippen molar-refractivity contribution in [2.75, 3.05) is 11.9 Å². The van der Waals surface area contributed by atoms with Gasteiger partial charge in [0, 0.05) is 31.7 Å². The lowest BCUT2D eigenvalue weighted by Crippen LogP contribution is -2.27. The molecule has 3 rings (SSSR count). The molecule has 3 aromatic rings. The number of nitrogens with zero attached hydrogens (tertiary/aromatic N) is 2. The average molecular weight is 360 g/mol. The Morgan fingerprint density at radius 3 is 2.56 bits per heavy atom. The van der Waals surface area contributed by atoms with E-state index >= 15 is 0 Å². The van der Waals surface area contributed by atoms with Crippen molar-refractivity contribution in [1.82, 2.24) is 15.3 Å². The molecule has 0 fully saturated rings. The minimum atomic E-state index is -0.121. The summed E-state index contributed by atoms with van der Waals surface area (Å²) < 4.78 is 0. The number of amides is 1. The SMILES string of the molecule is Cc1ccc(CCNC(=O)c2cccnc2NCc2ccncc2)cc1C. The van der Waals surface area contributed by atoms with Gasteiger partial charge in [-0.15, -0.1) is 0 Å². The van der Waals surface area contributed by atoms with Crippen molar-refractivity contribution in [3.63, 3.8) is 0 Å². The first-order valence-corrected chi connectivity index (χ1v) is 9.05. The molecular weight excluding hydrogens is 336 g/mol. The first kappa shape index (κ1) is 18.6. The Morgan fingerprint density at radius 2 is 1.78 bits per heavy atom. The maximum absolute atomic E-state index is 12.6. The predicted octanol–water partition coefficient (Wildman–Crippen LogP) is 3.68. The Balaban J connectivity index is 1.58. The molecule has 0 unspecified atom stereocenters. The van der Waals surface area contributed by atoms with Crippen LogP contribution in [0.3, 0.4) is 0 Å². The minimum absolute atomic E-state index is 0.121. The molecule has 2 heterocycles. The molecule has 0 saturated carbocycles. The second-order valence-electron chi connectivity index (χ2n) is 6.53. The summed E-state index contributed by atoms with van der Waals surface area (Å²) in [5.41, 5.74) is 5.40. The van der Waals surface area contributed by atoms with Crippen LogP contribution in [0, 0.1) is 13.8 Å². The Labute approximate surface area is 159 Å². The van der Waals surface area contributed by atoms with E-state index in [-0.39, 0.29) is 5.91 Å². The molecule has 5 nitrogen and oxygen atoms in total. The van der Waals surface area contributed by atoms with Gasteiger partial charge < -0.3 is 10.6 Å². The van der Waals surface area contributed by atoms with Crippen molar-refractivity contribution in [1.29, 1.82) is 0 Å². The largest absolute Gasteiger partial charge is 0.365 e. The van der Waals surface area contributed by atoms with Crippen molar-refractivity contribution in [3.8, 4) is 0 Å². The molecule has 1 amide bonds. The second kappa shape index (κ2) is 8.94. The van der Waals surface area contributed by atoms with Crippen molar-refractivity contribution in [3.05, 3.63) is 88.9 Å². The molecule has 2 N–H and O–H groups in total. The van der Waals surface area contributed by atoms with Crippen LogP contribution in [-0.4, -0.2) is 22.4 Å². The standard InChI is InChI=1S/C22H24N4O/c1-16-5-6-18(14-17(16)2)9-13-25-22(27)20-4-3-10-24-21(20)26-15-19-7-11-23-12-8-19/h3-8,10-12,14H,9,13,15H2,1-2H3,(H,24,26)(H,25,27). The van der Waals surface area contributed by atoms with Gasteiger partial charge in [0.1, 0.15) is 5.82 Å². The predicted molar refractivity (Wildman–Crippen MR) is 108 cm³/mol. The van der Waals surface area contributed by atoms with Gasteiger partial charge in [-0.1, -0.05) is 18.2 Å². The molecule has 0 aliphatic carbocycles. The highest BCUT2D eigenvalue weighted by atomic mass is 16.1. The van der Waals surface area contributed by atoms with Gasteiger partial charge in [-0.2, -0.15) is 0 Å². The molecule has 1 aromatic carbocycles. The zero-order valence-corrected chi connectivity index (χ0v) is 15.7. The van der Waals surface area contributed by atoms with E-state index < -0.39 is 0 Å². The van der Waals surface area contributed by atoms with E-state index in [9.17, 15) is 4.79 Å². The Hall–Kier alpha value is -3.21. The fourth-order valence-corrected chi connectivity index (χ4v) is 2.79. The number of hydrogen-bond acceptors (Lipinski definition) is 4. The average Bonchev–Trinajstić information content (AvgIpc) is 2.70. The van der Waals surface area contributed by atoms with Gasteiger partial charge >= 0.3 is 0 Å². The second-order valence-corrected chi connectivity index (χ2v) is 6.53. The molecule has 0 aliphatic rings. The monoisotopic (exact) mass is 360 g/mol. The number of rotatable bonds is 7. The zero-order valence-electron chi connectivity index (χ0n) is 15.7. The fraction of sp³-hybridized carbons (Fsp3) is 0.227. The van der Waals surface area contributed by atoms with E-state index in [1.807, 2.05) is 12.1 Å². The molecule has 138 valence electrons. The number of pyridine rings is 2. The summed E-state index contributed by atoms with van der Waals surface area (Å²) in [5, 5.41) is 6.22. The topological polar surface area (TPSA) is 66.9 Å². The van der Waals surface area contributed by atoms with Crippen LogP contribution in [0.25, 0.3) is 0 Å². The number of carbonyl (C=O) groups is 1. The lowest BCUT2D eigenvalue weighted by molar-refractivity contribution is 0.0954. The number of benzene rings is 1. The molecule has 27 heavy (non-hydrogen) atoms. The normalized spacial score (nSPS) is 10.4. The van der Waals surface area contributed by atoms with Gasteiger partial charge in [-0.3, -0.25) is 9.78 Å². The van der Waals surface area contributed by atoms with E-state index in [0.717, 1.165) is 12.0 Å². The lowest BCUT2D eigenvalue weighted by atomic mass is 10.0.